The third-order valence-corrected chi connectivity index (χ3v) is 3.65. The van der Waals surface area contributed by atoms with Crippen LogP contribution in [-0.2, 0) is 11.0 Å². The number of hydrogen-bond acceptors (Lipinski definition) is 1. The van der Waals surface area contributed by atoms with Crippen molar-refractivity contribution in [1.29, 1.82) is 0 Å². The fourth-order valence-electron chi connectivity index (χ4n) is 1.41. The van der Waals surface area contributed by atoms with Gasteiger partial charge >= 0.3 is 0 Å². The maximum Gasteiger partial charge on any atom is 0.144 e. The van der Waals surface area contributed by atoms with Gasteiger partial charge in [-0.25, -0.2) is 4.21 Å². The predicted octanol–water partition coefficient (Wildman–Crippen LogP) is 2.71. The minimum atomic E-state index is -1.06. The van der Waals surface area contributed by atoms with Gasteiger partial charge in [-0.2, -0.15) is 4.40 Å². The summed E-state index contributed by atoms with van der Waals surface area (Å²) < 4.78 is 15.4. The van der Waals surface area contributed by atoms with Crippen LogP contribution in [0.1, 0.15) is 46.5 Å². The van der Waals surface area contributed by atoms with Crippen molar-refractivity contribution < 1.29 is 4.21 Å². The van der Waals surface area contributed by atoms with Gasteiger partial charge < -0.3 is 0 Å². The quantitative estimate of drug-likeness (QED) is 0.632. The maximum atomic E-state index is 11.5. The van der Waals surface area contributed by atoms with E-state index in [9.17, 15) is 4.21 Å². The summed E-state index contributed by atoms with van der Waals surface area (Å²) in [6.45, 7) is 5.86. The average molecular weight is 201 g/mol. The molecule has 0 N–H and O–H groups in total. The molecule has 0 bridgehead atoms. The van der Waals surface area contributed by atoms with E-state index in [0.29, 0.717) is 5.92 Å². The third kappa shape index (κ3) is 3.59. The molecule has 0 aromatic carbocycles. The highest BCUT2D eigenvalue weighted by atomic mass is 32.2. The molecule has 0 unspecified atom stereocenters. The molecule has 0 aliphatic heterocycles. The first-order valence-corrected chi connectivity index (χ1v) is 6.07. The second-order valence-electron chi connectivity index (χ2n) is 4.66. The van der Waals surface area contributed by atoms with E-state index in [4.69, 9.17) is 0 Å². The second-order valence-corrected chi connectivity index (χ2v) is 6.59. The summed E-state index contributed by atoms with van der Waals surface area (Å²) in [6.07, 6.45) is 6.97. The van der Waals surface area contributed by atoms with E-state index in [2.05, 4.69) is 4.40 Å². The predicted molar refractivity (Wildman–Crippen MR) is 58.3 cm³/mol. The van der Waals surface area contributed by atoms with Crippen molar-refractivity contribution in [2.24, 2.45) is 10.3 Å². The molecule has 2 nitrogen and oxygen atoms in total. The van der Waals surface area contributed by atoms with Gasteiger partial charge in [0, 0.05) is 6.21 Å². The fourth-order valence-corrected chi connectivity index (χ4v) is 2.00. The number of hydrogen-bond donors (Lipinski definition) is 0. The summed E-state index contributed by atoms with van der Waals surface area (Å²) in [6, 6.07) is 0. The van der Waals surface area contributed by atoms with Crippen LogP contribution in [0, 0.1) is 5.92 Å². The van der Waals surface area contributed by atoms with Gasteiger partial charge in [-0.3, -0.25) is 0 Å². The van der Waals surface area contributed by atoms with Gasteiger partial charge in [0.25, 0.3) is 0 Å². The Morgan fingerprint density at radius 1 is 1.31 bits per heavy atom. The standard InChI is InChI=1S/C10H19NOS/c1-10(2,3)13(12)11-8-9-6-4-5-7-9/h8-9H,4-7H2,1-3H3/b11-8+/t13-/m0/s1. The monoisotopic (exact) mass is 201 g/mol. The van der Waals surface area contributed by atoms with Crippen molar-refractivity contribution >= 4 is 17.2 Å². The van der Waals surface area contributed by atoms with Crippen molar-refractivity contribution in [3.8, 4) is 0 Å². The SMILES string of the molecule is CC(C)(C)[S@](=O)/N=C/C1CCCC1. The Bertz CT molecular complexity index is 211. The molecule has 3 heteroatoms. The molecule has 0 aromatic rings. The van der Waals surface area contributed by atoms with Crippen LogP contribution in [0.4, 0.5) is 0 Å². The van der Waals surface area contributed by atoms with E-state index in [0.717, 1.165) is 0 Å². The molecular weight excluding hydrogens is 182 g/mol. The minimum absolute atomic E-state index is 0.213. The van der Waals surface area contributed by atoms with Gasteiger partial charge in [-0.05, 0) is 39.5 Å². The number of rotatable bonds is 2. The Morgan fingerprint density at radius 3 is 2.31 bits per heavy atom. The molecule has 76 valence electrons. The first-order valence-electron chi connectivity index (χ1n) is 4.96. The van der Waals surface area contributed by atoms with E-state index in [1.807, 2.05) is 27.0 Å². The lowest BCUT2D eigenvalue weighted by Crippen LogP contribution is -2.20. The summed E-state index contributed by atoms with van der Waals surface area (Å²) in [5, 5.41) is 0. The molecule has 0 radical (unpaired) electrons. The first-order chi connectivity index (χ1) is 6.00. The van der Waals surface area contributed by atoms with Crippen molar-refractivity contribution in [3.63, 3.8) is 0 Å². The highest BCUT2D eigenvalue weighted by Crippen LogP contribution is 2.23. The molecule has 13 heavy (non-hydrogen) atoms. The number of nitrogens with zero attached hydrogens (tertiary/aromatic N) is 1. The highest BCUT2D eigenvalue weighted by molar-refractivity contribution is 7.85. The van der Waals surface area contributed by atoms with Gasteiger partial charge in [0.15, 0.2) is 0 Å². The van der Waals surface area contributed by atoms with Crippen LogP contribution in [0.15, 0.2) is 4.40 Å². The van der Waals surface area contributed by atoms with Crippen LogP contribution >= 0.6 is 0 Å². The van der Waals surface area contributed by atoms with Crippen LogP contribution in [0.2, 0.25) is 0 Å². The molecule has 0 spiro atoms. The Morgan fingerprint density at radius 2 is 1.85 bits per heavy atom. The van der Waals surface area contributed by atoms with Crippen LogP contribution in [0.25, 0.3) is 0 Å². The van der Waals surface area contributed by atoms with E-state index in [1.54, 1.807) is 0 Å². The van der Waals surface area contributed by atoms with Crippen LogP contribution in [-0.4, -0.2) is 15.2 Å². The van der Waals surface area contributed by atoms with Crippen molar-refractivity contribution in [2.45, 2.75) is 51.2 Å². The van der Waals surface area contributed by atoms with Crippen LogP contribution in [0.3, 0.4) is 0 Å². The van der Waals surface area contributed by atoms with E-state index in [-0.39, 0.29) is 4.75 Å². The fraction of sp³-hybridized carbons (Fsp3) is 0.900. The largest absolute Gasteiger partial charge is 0.234 e. The van der Waals surface area contributed by atoms with Crippen LogP contribution in [0.5, 0.6) is 0 Å². The molecule has 1 saturated carbocycles. The first kappa shape index (κ1) is 10.9. The van der Waals surface area contributed by atoms with Crippen molar-refractivity contribution in [2.75, 3.05) is 0 Å². The van der Waals surface area contributed by atoms with Gasteiger partial charge in [0.1, 0.15) is 11.0 Å². The molecule has 0 heterocycles. The summed E-state index contributed by atoms with van der Waals surface area (Å²) >= 11 is 0. The smallest absolute Gasteiger partial charge is 0.144 e. The molecular formula is C10H19NOS. The topological polar surface area (TPSA) is 29.4 Å². The van der Waals surface area contributed by atoms with E-state index >= 15 is 0 Å². The third-order valence-electron chi connectivity index (χ3n) is 2.29. The molecule has 1 aliphatic rings. The zero-order chi connectivity index (χ0) is 9.90. The lowest BCUT2D eigenvalue weighted by atomic mass is 10.1. The Hall–Kier alpha value is -0.180. The second kappa shape index (κ2) is 4.36. The summed E-state index contributed by atoms with van der Waals surface area (Å²) in [7, 11) is -1.06. The minimum Gasteiger partial charge on any atom is -0.234 e. The zero-order valence-electron chi connectivity index (χ0n) is 8.75. The molecule has 0 amide bonds. The van der Waals surface area contributed by atoms with Crippen LogP contribution < -0.4 is 0 Å². The highest BCUT2D eigenvalue weighted by Gasteiger charge is 2.19. The molecule has 1 rings (SSSR count). The Kier molecular flexibility index (Phi) is 3.65. The summed E-state index contributed by atoms with van der Waals surface area (Å²) in [5.41, 5.74) is 0. The maximum absolute atomic E-state index is 11.5. The normalized spacial score (nSPS) is 22.7. The lowest BCUT2D eigenvalue weighted by Gasteiger charge is -2.13. The summed E-state index contributed by atoms with van der Waals surface area (Å²) in [5.74, 6) is 0.589. The molecule has 0 aromatic heterocycles. The van der Waals surface area contributed by atoms with Gasteiger partial charge in [0.05, 0.1) is 4.75 Å². The van der Waals surface area contributed by atoms with E-state index < -0.39 is 11.0 Å². The van der Waals surface area contributed by atoms with Crippen molar-refractivity contribution in [1.82, 2.24) is 0 Å². The molecule has 0 saturated heterocycles. The molecule has 1 fully saturated rings. The average Bonchev–Trinajstić information content (AvgIpc) is 2.50. The molecule has 1 aliphatic carbocycles. The van der Waals surface area contributed by atoms with Gasteiger partial charge in [-0.15, -0.1) is 0 Å². The Balaban J connectivity index is 2.43. The summed E-state index contributed by atoms with van der Waals surface area (Å²) in [4.78, 5) is 0. The van der Waals surface area contributed by atoms with Gasteiger partial charge in [-0.1, -0.05) is 12.8 Å². The van der Waals surface area contributed by atoms with Gasteiger partial charge in [0.2, 0.25) is 0 Å². The van der Waals surface area contributed by atoms with Crippen molar-refractivity contribution in [3.05, 3.63) is 0 Å². The zero-order valence-corrected chi connectivity index (χ0v) is 9.56. The molecule has 1 atom stereocenters. The van der Waals surface area contributed by atoms with E-state index in [1.165, 1.54) is 25.7 Å². The lowest BCUT2D eigenvalue weighted by molar-refractivity contribution is 0.650. The Labute approximate surface area is 83.4 Å².